The van der Waals surface area contributed by atoms with E-state index in [1.165, 1.54) is 19.3 Å². The van der Waals surface area contributed by atoms with Gasteiger partial charge in [-0.2, -0.15) is 0 Å². The monoisotopic (exact) mass is 412 g/mol. The van der Waals surface area contributed by atoms with E-state index in [0.717, 1.165) is 62.2 Å². The molecule has 3 heterocycles. The van der Waals surface area contributed by atoms with Gasteiger partial charge in [-0.05, 0) is 76.9 Å². The number of nitrogens with zero attached hydrogens (tertiary/aromatic N) is 2. The molecule has 2 aromatic rings. The number of fused-ring (bicyclic) bond motifs is 1. The number of carbonyl (C=O) groups excluding carboxylic acids is 1. The van der Waals surface area contributed by atoms with Gasteiger partial charge in [0.2, 0.25) is 0 Å². The summed E-state index contributed by atoms with van der Waals surface area (Å²) in [5.41, 5.74) is 1.59. The highest BCUT2D eigenvalue weighted by atomic mass is 16.5. The van der Waals surface area contributed by atoms with Crippen molar-refractivity contribution in [3.8, 4) is 5.75 Å². The molecule has 2 N–H and O–H groups in total. The number of carbonyl (C=O) groups is 1. The van der Waals surface area contributed by atoms with Crippen LogP contribution in [0.25, 0.3) is 10.9 Å². The first-order valence-electron chi connectivity index (χ1n) is 11.6. The Labute approximate surface area is 179 Å². The van der Waals surface area contributed by atoms with Crippen LogP contribution in [-0.4, -0.2) is 72.1 Å². The zero-order valence-electron chi connectivity index (χ0n) is 18.5. The summed E-state index contributed by atoms with van der Waals surface area (Å²) in [6, 6.07) is 8.60. The van der Waals surface area contributed by atoms with Crippen molar-refractivity contribution in [2.24, 2.45) is 0 Å². The molecule has 6 nitrogen and oxygen atoms in total. The zero-order chi connectivity index (χ0) is 20.9. The predicted octanol–water partition coefficient (Wildman–Crippen LogP) is 3.64. The van der Waals surface area contributed by atoms with Crippen molar-refractivity contribution in [1.29, 1.82) is 0 Å². The molecule has 6 heteroatoms. The van der Waals surface area contributed by atoms with E-state index < -0.39 is 0 Å². The highest BCUT2D eigenvalue weighted by Crippen LogP contribution is 2.25. The maximum atomic E-state index is 12.5. The van der Waals surface area contributed by atoms with Gasteiger partial charge in [0.1, 0.15) is 17.5 Å². The topological polar surface area (TPSA) is 60.6 Å². The van der Waals surface area contributed by atoms with Crippen LogP contribution >= 0.6 is 0 Å². The molecule has 0 aliphatic carbocycles. The smallest absolute Gasteiger partial charge is 0.267 e. The number of rotatable bonds is 7. The van der Waals surface area contributed by atoms with Crippen molar-refractivity contribution in [2.45, 2.75) is 58.1 Å². The molecular formula is C24H36N4O2. The molecule has 0 atom stereocenters. The number of hydrogen-bond donors (Lipinski definition) is 2. The van der Waals surface area contributed by atoms with Crippen LogP contribution in [0.15, 0.2) is 24.3 Å². The minimum absolute atomic E-state index is 0.0354. The van der Waals surface area contributed by atoms with Gasteiger partial charge in [0.05, 0.1) is 0 Å². The largest absolute Gasteiger partial charge is 0.490 e. The Morgan fingerprint density at radius 1 is 1.13 bits per heavy atom. The van der Waals surface area contributed by atoms with Crippen LogP contribution in [0.1, 0.15) is 56.4 Å². The minimum atomic E-state index is -0.0354. The van der Waals surface area contributed by atoms with E-state index in [1.807, 2.05) is 24.3 Å². The Balaban J connectivity index is 1.30. The van der Waals surface area contributed by atoms with Crippen molar-refractivity contribution in [3.05, 3.63) is 30.0 Å². The Kier molecular flexibility index (Phi) is 6.95. The summed E-state index contributed by atoms with van der Waals surface area (Å²) in [5.74, 6) is 0.855. The molecule has 2 aliphatic heterocycles. The fraction of sp³-hybridized carbons (Fsp3) is 0.625. The van der Waals surface area contributed by atoms with E-state index >= 15 is 0 Å². The van der Waals surface area contributed by atoms with Gasteiger partial charge in [-0.15, -0.1) is 0 Å². The molecule has 0 saturated carbocycles. The second kappa shape index (κ2) is 9.84. The summed E-state index contributed by atoms with van der Waals surface area (Å²) in [6.45, 7) is 10.6. The van der Waals surface area contributed by atoms with Gasteiger partial charge in [0.25, 0.3) is 5.91 Å². The van der Waals surface area contributed by atoms with Gasteiger partial charge in [-0.3, -0.25) is 4.79 Å². The molecule has 2 fully saturated rings. The van der Waals surface area contributed by atoms with Crippen LogP contribution in [0.3, 0.4) is 0 Å². The fourth-order valence-corrected chi connectivity index (χ4v) is 4.61. The summed E-state index contributed by atoms with van der Waals surface area (Å²) >= 11 is 0. The number of piperidine rings is 2. The molecule has 2 aliphatic rings. The second-order valence-electron chi connectivity index (χ2n) is 9.04. The normalized spacial score (nSPS) is 19.4. The second-order valence-corrected chi connectivity index (χ2v) is 9.04. The molecule has 0 radical (unpaired) electrons. The van der Waals surface area contributed by atoms with Crippen LogP contribution < -0.4 is 10.1 Å². The third kappa shape index (κ3) is 5.35. The lowest BCUT2D eigenvalue weighted by Crippen LogP contribution is -2.41. The van der Waals surface area contributed by atoms with Gasteiger partial charge in [0.15, 0.2) is 0 Å². The minimum Gasteiger partial charge on any atom is -0.490 e. The standard InChI is InChI=1S/C24H36N4O2/c1-18(2)28-13-8-20(9-14-28)30-21-6-7-22-19(16-21)17-23(26-22)24(29)25-10-15-27-11-4-3-5-12-27/h6-7,16-18,20,26H,3-5,8-15H2,1-2H3,(H,25,29). The third-order valence-corrected chi connectivity index (χ3v) is 6.51. The summed E-state index contributed by atoms with van der Waals surface area (Å²) in [7, 11) is 0. The number of nitrogens with one attached hydrogen (secondary N) is 2. The Morgan fingerprint density at radius 3 is 2.63 bits per heavy atom. The highest BCUT2D eigenvalue weighted by Gasteiger charge is 2.22. The van der Waals surface area contributed by atoms with Crippen LogP contribution in [0.2, 0.25) is 0 Å². The number of benzene rings is 1. The zero-order valence-corrected chi connectivity index (χ0v) is 18.5. The summed E-state index contributed by atoms with van der Waals surface area (Å²) in [6.07, 6.45) is 6.28. The number of hydrogen-bond acceptors (Lipinski definition) is 4. The van der Waals surface area contributed by atoms with E-state index in [2.05, 4.69) is 33.9 Å². The lowest BCUT2D eigenvalue weighted by molar-refractivity contribution is 0.0844. The molecule has 1 aromatic carbocycles. The van der Waals surface area contributed by atoms with Gasteiger partial charge < -0.3 is 24.8 Å². The first kappa shape index (κ1) is 21.2. The Morgan fingerprint density at radius 2 is 1.90 bits per heavy atom. The first-order chi connectivity index (χ1) is 14.6. The molecule has 0 spiro atoms. The number of amides is 1. The van der Waals surface area contributed by atoms with E-state index in [9.17, 15) is 4.79 Å². The van der Waals surface area contributed by atoms with Crippen molar-refractivity contribution >= 4 is 16.8 Å². The third-order valence-electron chi connectivity index (χ3n) is 6.51. The predicted molar refractivity (Wildman–Crippen MR) is 121 cm³/mol. The molecule has 164 valence electrons. The number of aromatic nitrogens is 1. The van der Waals surface area contributed by atoms with E-state index in [-0.39, 0.29) is 12.0 Å². The summed E-state index contributed by atoms with van der Waals surface area (Å²) in [5, 5.41) is 4.07. The van der Waals surface area contributed by atoms with E-state index in [4.69, 9.17) is 4.74 Å². The molecule has 1 aromatic heterocycles. The van der Waals surface area contributed by atoms with E-state index in [1.54, 1.807) is 0 Å². The van der Waals surface area contributed by atoms with Gasteiger partial charge in [-0.1, -0.05) is 6.42 Å². The molecule has 4 rings (SSSR count). The quantitative estimate of drug-likeness (QED) is 0.729. The summed E-state index contributed by atoms with van der Waals surface area (Å²) in [4.78, 5) is 20.7. The molecule has 0 unspecified atom stereocenters. The number of aromatic amines is 1. The van der Waals surface area contributed by atoms with Crippen LogP contribution in [0, 0.1) is 0 Å². The van der Waals surface area contributed by atoms with Crippen molar-refractivity contribution in [3.63, 3.8) is 0 Å². The summed E-state index contributed by atoms with van der Waals surface area (Å²) < 4.78 is 6.25. The maximum Gasteiger partial charge on any atom is 0.267 e. The Bertz CT molecular complexity index is 833. The first-order valence-corrected chi connectivity index (χ1v) is 11.6. The average molecular weight is 413 g/mol. The maximum absolute atomic E-state index is 12.5. The Hall–Kier alpha value is -2.05. The SMILES string of the molecule is CC(C)N1CCC(Oc2ccc3[nH]c(C(=O)NCCN4CCCCC4)cc3c2)CC1. The molecule has 0 bridgehead atoms. The molecule has 2 saturated heterocycles. The molecule has 1 amide bonds. The number of H-pyrrole nitrogens is 1. The van der Waals surface area contributed by atoms with Gasteiger partial charge in [-0.25, -0.2) is 0 Å². The van der Waals surface area contributed by atoms with Crippen LogP contribution in [0.5, 0.6) is 5.75 Å². The van der Waals surface area contributed by atoms with Crippen molar-refractivity contribution < 1.29 is 9.53 Å². The van der Waals surface area contributed by atoms with Crippen molar-refractivity contribution in [2.75, 3.05) is 39.3 Å². The van der Waals surface area contributed by atoms with Crippen LogP contribution in [-0.2, 0) is 0 Å². The van der Waals surface area contributed by atoms with Gasteiger partial charge in [0, 0.05) is 43.1 Å². The van der Waals surface area contributed by atoms with E-state index in [0.29, 0.717) is 18.3 Å². The average Bonchev–Trinajstić information content (AvgIpc) is 3.18. The van der Waals surface area contributed by atoms with Crippen LogP contribution in [0.4, 0.5) is 0 Å². The fourth-order valence-electron chi connectivity index (χ4n) is 4.61. The molecule has 30 heavy (non-hydrogen) atoms. The highest BCUT2D eigenvalue weighted by molar-refractivity contribution is 5.98. The molecular weight excluding hydrogens is 376 g/mol. The lowest BCUT2D eigenvalue weighted by Gasteiger charge is -2.34. The van der Waals surface area contributed by atoms with Gasteiger partial charge >= 0.3 is 0 Å². The number of ether oxygens (including phenoxy) is 1. The van der Waals surface area contributed by atoms with Crippen molar-refractivity contribution in [1.82, 2.24) is 20.1 Å². The lowest BCUT2D eigenvalue weighted by atomic mass is 10.1. The number of likely N-dealkylation sites (tertiary alicyclic amines) is 2.